The summed E-state index contributed by atoms with van der Waals surface area (Å²) in [7, 11) is 0. The third kappa shape index (κ3) is 3.27. The SMILES string of the molecule is CCCNC(c1cccs1)c1ccc(Cl)cc1Cl. The molecule has 2 aromatic rings. The minimum Gasteiger partial charge on any atom is -0.306 e. The van der Waals surface area contributed by atoms with E-state index in [0.29, 0.717) is 10.0 Å². The summed E-state index contributed by atoms with van der Waals surface area (Å²) in [5.74, 6) is 0. The molecule has 1 unspecified atom stereocenters. The molecular formula is C14H15Cl2NS. The van der Waals surface area contributed by atoms with Crippen LogP contribution in [0.4, 0.5) is 0 Å². The molecular weight excluding hydrogens is 285 g/mol. The van der Waals surface area contributed by atoms with Crippen LogP contribution in [0.25, 0.3) is 0 Å². The van der Waals surface area contributed by atoms with Crippen molar-refractivity contribution in [3.8, 4) is 0 Å². The largest absolute Gasteiger partial charge is 0.306 e. The molecule has 0 fully saturated rings. The van der Waals surface area contributed by atoms with Crippen molar-refractivity contribution in [3.05, 3.63) is 56.2 Å². The van der Waals surface area contributed by atoms with Crippen LogP contribution in [0, 0.1) is 0 Å². The van der Waals surface area contributed by atoms with E-state index >= 15 is 0 Å². The highest BCUT2D eigenvalue weighted by molar-refractivity contribution is 7.10. The maximum absolute atomic E-state index is 6.30. The van der Waals surface area contributed by atoms with E-state index < -0.39 is 0 Å². The molecule has 1 nitrogen and oxygen atoms in total. The normalized spacial score (nSPS) is 12.6. The fourth-order valence-corrected chi connectivity index (χ4v) is 3.18. The van der Waals surface area contributed by atoms with Gasteiger partial charge in [-0.25, -0.2) is 0 Å². The highest BCUT2D eigenvalue weighted by atomic mass is 35.5. The summed E-state index contributed by atoms with van der Waals surface area (Å²) in [4.78, 5) is 1.27. The smallest absolute Gasteiger partial charge is 0.0685 e. The monoisotopic (exact) mass is 299 g/mol. The van der Waals surface area contributed by atoms with Crippen LogP contribution in [-0.4, -0.2) is 6.54 Å². The molecule has 0 saturated carbocycles. The number of nitrogens with one attached hydrogen (secondary N) is 1. The molecule has 0 radical (unpaired) electrons. The van der Waals surface area contributed by atoms with Crippen molar-refractivity contribution < 1.29 is 0 Å². The maximum Gasteiger partial charge on any atom is 0.0685 e. The molecule has 0 aliphatic carbocycles. The number of halogens is 2. The van der Waals surface area contributed by atoms with Gasteiger partial charge < -0.3 is 5.32 Å². The molecule has 0 bridgehead atoms. The van der Waals surface area contributed by atoms with Gasteiger partial charge in [-0.15, -0.1) is 11.3 Å². The Morgan fingerprint density at radius 2 is 2.11 bits per heavy atom. The van der Waals surface area contributed by atoms with Crippen LogP contribution in [-0.2, 0) is 0 Å². The van der Waals surface area contributed by atoms with Crippen LogP contribution in [0.1, 0.15) is 29.8 Å². The molecule has 1 atom stereocenters. The van der Waals surface area contributed by atoms with E-state index in [-0.39, 0.29) is 6.04 Å². The molecule has 0 aliphatic heterocycles. The van der Waals surface area contributed by atoms with Crippen molar-refractivity contribution in [2.24, 2.45) is 0 Å². The second-order valence-corrected chi connectivity index (χ2v) is 5.89. The van der Waals surface area contributed by atoms with Crippen LogP contribution < -0.4 is 5.32 Å². The Morgan fingerprint density at radius 3 is 2.72 bits per heavy atom. The molecule has 1 aromatic carbocycles. The Balaban J connectivity index is 2.33. The van der Waals surface area contributed by atoms with Gasteiger partial charge in [-0.3, -0.25) is 0 Å². The highest BCUT2D eigenvalue weighted by Gasteiger charge is 2.17. The summed E-state index contributed by atoms with van der Waals surface area (Å²) >= 11 is 14.0. The van der Waals surface area contributed by atoms with Gasteiger partial charge in [0.2, 0.25) is 0 Å². The third-order valence-corrected chi connectivity index (χ3v) is 4.20. The Hall–Kier alpha value is -0.540. The van der Waals surface area contributed by atoms with Gasteiger partial charge in [-0.2, -0.15) is 0 Å². The quantitative estimate of drug-likeness (QED) is 0.805. The van der Waals surface area contributed by atoms with Gasteiger partial charge in [0.1, 0.15) is 0 Å². The summed E-state index contributed by atoms with van der Waals surface area (Å²) in [5.41, 5.74) is 1.08. The Morgan fingerprint density at radius 1 is 1.28 bits per heavy atom. The fraction of sp³-hybridized carbons (Fsp3) is 0.286. The Labute approximate surface area is 122 Å². The summed E-state index contributed by atoms with van der Waals surface area (Å²) in [6, 6.07) is 10.0. The lowest BCUT2D eigenvalue weighted by Crippen LogP contribution is -2.22. The predicted molar refractivity (Wildman–Crippen MR) is 80.9 cm³/mol. The van der Waals surface area contributed by atoms with Crippen LogP contribution >= 0.6 is 34.5 Å². The summed E-state index contributed by atoms with van der Waals surface area (Å²) in [5, 5.41) is 7.00. The number of rotatable bonds is 5. The fourth-order valence-electron chi connectivity index (χ4n) is 1.84. The number of thiophene rings is 1. The molecule has 0 saturated heterocycles. The van der Waals surface area contributed by atoms with Gasteiger partial charge in [-0.1, -0.05) is 42.3 Å². The second-order valence-electron chi connectivity index (χ2n) is 4.07. The third-order valence-electron chi connectivity index (χ3n) is 2.70. The Bertz CT molecular complexity index is 497. The van der Waals surface area contributed by atoms with Crippen LogP contribution in [0.15, 0.2) is 35.7 Å². The molecule has 0 aliphatic rings. The first-order valence-electron chi connectivity index (χ1n) is 5.94. The number of hydrogen-bond acceptors (Lipinski definition) is 2. The summed E-state index contributed by atoms with van der Waals surface area (Å²) in [6.45, 7) is 3.11. The minimum absolute atomic E-state index is 0.148. The van der Waals surface area contributed by atoms with Gasteiger partial charge in [0.15, 0.2) is 0 Å². The van der Waals surface area contributed by atoms with E-state index in [4.69, 9.17) is 23.2 Å². The van der Waals surface area contributed by atoms with Crippen molar-refractivity contribution >= 4 is 34.5 Å². The first-order valence-corrected chi connectivity index (χ1v) is 7.57. The zero-order valence-electron chi connectivity index (χ0n) is 10.1. The molecule has 2 rings (SSSR count). The van der Waals surface area contributed by atoms with Crippen LogP contribution in [0.5, 0.6) is 0 Å². The molecule has 4 heteroatoms. The molecule has 0 spiro atoms. The zero-order chi connectivity index (χ0) is 13.0. The number of benzene rings is 1. The van der Waals surface area contributed by atoms with Crippen molar-refractivity contribution in [3.63, 3.8) is 0 Å². The van der Waals surface area contributed by atoms with Gasteiger partial charge in [0.05, 0.1) is 6.04 Å². The molecule has 1 aromatic heterocycles. The lowest BCUT2D eigenvalue weighted by molar-refractivity contribution is 0.606. The average molecular weight is 300 g/mol. The molecule has 0 amide bonds. The van der Waals surface area contributed by atoms with E-state index in [1.807, 2.05) is 12.1 Å². The van der Waals surface area contributed by atoms with Gasteiger partial charge in [0.25, 0.3) is 0 Å². The first-order chi connectivity index (χ1) is 8.72. The average Bonchev–Trinajstić information content (AvgIpc) is 2.85. The van der Waals surface area contributed by atoms with Gasteiger partial charge in [0, 0.05) is 14.9 Å². The molecule has 18 heavy (non-hydrogen) atoms. The standard InChI is InChI=1S/C14H15Cl2NS/c1-2-7-17-14(13-4-3-8-18-13)11-6-5-10(15)9-12(11)16/h3-6,8-9,14,17H,2,7H2,1H3. The van der Waals surface area contributed by atoms with E-state index in [1.165, 1.54) is 4.88 Å². The first kappa shape index (κ1) is 13.9. The van der Waals surface area contributed by atoms with Crippen molar-refractivity contribution in [2.75, 3.05) is 6.54 Å². The van der Waals surface area contributed by atoms with Crippen LogP contribution in [0.3, 0.4) is 0 Å². The van der Waals surface area contributed by atoms with E-state index in [1.54, 1.807) is 17.4 Å². The van der Waals surface area contributed by atoms with Gasteiger partial charge >= 0.3 is 0 Å². The molecule has 96 valence electrons. The summed E-state index contributed by atoms with van der Waals surface area (Å²) < 4.78 is 0. The van der Waals surface area contributed by atoms with Crippen molar-refractivity contribution in [1.82, 2.24) is 5.32 Å². The van der Waals surface area contributed by atoms with Crippen LogP contribution in [0.2, 0.25) is 10.0 Å². The molecule has 1 N–H and O–H groups in total. The second kappa shape index (κ2) is 6.58. The van der Waals surface area contributed by atoms with E-state index in [2.05, 4.69) is 29.8 Å². The lowest BCUT2D eigenvalue weighted by atomic mass is 10.1. The highest BCUT2D eigenvalue weighted by Crippen LogP contribution is 2.32. The number of hydrogen-bond donors (Lipinski definition) is 1. The Kier molecular flexibility index (Phi) is 5.07. The molecule has 1 heterocycles. The van der Waals surface area contributed by atoms with E-state index in [0.717, 1.165) is 18.5 Å². The lowest BCUT2D eigenvalue weighted by Gasteiger charge is -2.19. The maximum atomic E-state index is 6.30. The topological polar surface area (TPSA) is 12.0 Å². The predicted octanol–water partition coefficient (Wildman–Crippen LogP) is 5.14. The zero-order valence-corrected chi connectivity index (χ0v) is 12.4. The minimum atomic E-state index is 0.148. The summed E-state index contributed by atoms with van der Waals surface area (Å²) in [6.07, 6.45) is 1.09. The van der Waals surface area contributed by atoms with E-state index in [9.17, 15) is 0 Å². The van der Waals surface area contributed by atoms with Crippen molar-refractivity contribution in [1.29, 1.82) is 0 Å². The van der Waals surface area contributed by atoms with Crippen molar-refractivity contribution in [2.45, 2.75) is 19.4 Å². The van der Waals surface area contributed by atoms with Gasteiger partial charge in [-0.05, 0) is 42.1 Å².